The van der Waals surface area contributed by atoms with Gasteiger partial charge in [-0.2, -0.15) is 5.10 Å². The lowest BCUT2D eigenvalue weighted by Gasteiger charge is -2.38. The van der Waals surface area contributed by atoms with Gasteiger partial charge in [0.15, 0.2) is 0 Å². The fourth-order valence-electron chi connectivity index (χ4n) is 3.31. The Hall–Kier alpha value is -1.72. The van der Waals surface area contributed by atoms with E-state index in [0.29, 0.717) is 6.04 Å². The van der Waals surface area contributed by atoms with Gasteiger partial charge in [0.25, 0.3) is 0 Å². The number of hydrogen-bond acceptors (Lipinski definition) is 4. The maximum Gasteiger partial charge on any atom is 0.140 e. The Kier molecular flexibility index (Phi) is 5.01. The van der Waals surface area contributed by atoms with Gasteiger partial charge in [-0.05, 0) is 23.0 Å². The van der Waals surface area contributed by atoms with Gasteiger partial charge in [-0.1, -0.05) is 45.0 Å². The van der Waals surface area contributed by atoms with Crippen molar-refractivity contribution in [2.24, 2.45) is 12.5 Å². The van der Waals surface area contributed by atoms with Crippen LogP contribution in [0.25, 0.3) is 0 Å². The maximum atomic E-state index is 4.32. The first kappa shape index (κ1) is 17.1. The van der Waals surface area contributed by atoms with E-state index >= 15 is 0 Å². The van der Waals surface area contributed by atoms with Crippen molar-refractivity contribution < 1.29 is 0 Å². The highest BCUT2D eigenvalue weighted by Gasteiger charge is 2.28. The Morgan fingerprint density at radius 3 is 2.62 bits per heavy atom. The average molecular weight is 327 g/mol. The maximum absolute atomic E-state index is 4.32. The van der Waals surface area contributed by atoms with E-state index in [1.807, 2.05) is 11.7 Å². The van der Waals surface area contributed by atoms with Crippen molar-refractivity contribution in [1.29, 1.82) is 0 Å². The fraction of sp³-hybridized carbons (Fsp3) is 0.579. The van der Waals surface area contributed by atoms with Gasteiger partial charge in [0.2, 0.25) is 0 Å². The molecule has 0 radical (unpaired) electrons. The molecule has 5 nitrogen and oxygen atoms in total. The normalized spacial score (nSPS) is 16.8. The number of hydrogen-bond donors (Lipinski definition) is 1. The second kappa shape index (κ2) is 7.03. The lowest BCUT2D eigenvalue weighted by molar-refractivity contribution is 0.160. The molecule has 0 saturated heterocycles. The van der Waals surface area contributed by atoms with Crippen LogP contribution in [0, 0.1) is 5.41 Å². The molecule has 0 saturated carbocycles. The Morgan fingerprint density at radius 1 is 1.21 bits per heavy atom. The Morgan fingerprint density at radius 2 is 1.96 bits per heavy atom. The molecule has 24 heavy (non-hydrogen) atoms. The second-order valence-electron chi connectivity index (χ2n) is 7.85. The van der Waals surface area contributed by atoms with Crippen LogP contribution in [0.2, 0.25) is 0 Å². The van der Waals surface area contributed by atoms with Crippen LogP contribution in [-0.2, 0) is 26.6 Å². The lowest BCUT2D eigenvalue weighted by atomic mass is 9.85. The summed E-state index contributed by atoms with van der Waals surface area (Å²) in [5, 5.41) is 7.86. The molecule has 130 valence electrons. The van der Waals surface area contributed by atoms with Crippen LogP contribution < -0.4 is 5.32 Å². The van der Waals surface area contributed by atoms with Crippen molar-refractivity contribution in [2.45, 2.75) is 46.3 Å². The molecule has 0 aliphatic carbocycles. The van der Waals surface area contributed by atoms with Gasteiger partial charge in [-0.15, -0.1) is 0 Å². The molecule has 0 fully saturated rings. The molecule has 0 bridgehead atoms. The SMILES string of the molecule is Cn1ncnc1CN[C@H](CN1CCc2ccccc2C1)C(C)(C)C. The van der Waals surface area contributed by atoms with Crippen LogP contribution in [0.3, 0.4) is 0 Å². The van der Waals surface area contributed by atoms with Gasteiger partial charge in [0, 0.05) is 32.7 Å². The predicted molar refractivity (Wildman–Crippen MR) is 96.5 cm³/mol. The molecule has 1 aromatic heterocycles. The van der Waals surface area contributed by atoms with E-state index in [0.717, 1.165) is 38.4 Å². The number of nitrogens with one attached hydrogen (secondary N) is 1. The van der Waals surface area contributed by atoms with Crippen molar-refractivity contribution >= 4 is 0 Å². The monoisotopic (exact) mass is 327 g/mol. The largest absolute Gasteiger partial charge is 0.305 e. The van der Waals surface area contributed by atoms with Crippen molar-refractivity contribution in [3.8, 4) is 0 Å². The van der Waals surface area contributed by atoms with E-state index in [9.17, 15) is 0 Å². The topological polar surface area (TPSA) is 46.0 Å². The molecule has 1 atom stereocenters. The molecule has 0 spiro atoms. The highest BCUT2D eigenvalue weighted by molar-refractivity contribution is 5.29. The van der Waals surface area contributed by atoms with Crippen molar-refractivity contribution in [3.05, 3.63) is 47.5 Å². The number of rotatable bonds is 5. The molecule has 2 heterocycles. The zero-order valence-corrected chi connectivity index (χ0v) is 15.3. The zero-order chi connectivity index (χ0) is 17.2. The Bertz CT molecular complexity index is 670. The molecule has 0 unspecified atom stereocenters. The molecule has 2 aromatic rings. The number of benzene rings is 1. The van der Waals surface area contributed by atoms with Crippen molar-refractivity contribution in [1.82, 2.24) is 25.0 Å². The van der Waals surface area contributed by atoms with Crippen LogP contribution in [0.5, 0.6) is 0 Å². The smallest absolute Gasteiger partial charge is 0.140 e. The predicted octanol–water partition coefficient (Wildman–Crippen LogP) is 2.38. The first-order chi connectivity index (χ1) is 11.4. The molecule has 0 amide bonds. The first-order valence-corrected chi connectivity index (χ1v) is 8.79. The summed E-state index contributed by atoms with van der Waals surface area (Å²) in [5.41, 5.74) is 3.17. The summed E-state index contributed by atoms with van der Waals surface area (Å²) in [7, 11) is 1.94. The van der Waals surface area contributed by atoms with Gasteiger partial charge in [-0.3, -0.25) is 9.58 Å². The van der Waals surface area contributed by atoms with E-state index in [4.69, 9.17) is 0 Å². The molecule has 3 rings (SSSR count). The van der Waals surface area contributed by atoms with E-state index in [-0.39, 0.29) is 5.41 Å². The molecular formula is C19H29N5. The van der Waals surface area contributed by atoms with E-state index in [1.165, 1.54) is 11.1 Å². The van der Waals surface area contributed by atoms with Crippen LogP contribution in [0.4, 0.5) is 0 Å². The van der Waals surface area contributed by atoms with Gasteiger partial charge >= 0.3 is 0 Å². The fourth-order valence-corrected chi connectivity index (χ4v) is 3.31. The zero-order valence-electron chi connectivity index (χ0n) is 15.3. The van der Waals surface area contributed by atoms with Gasteiger partial charge in [0.1, 0.15) is 12.2 Å². The third-order valence-corrected chi connectivity index (χ3v) is 5.01. The lowest BCUT2D eigenvalue weighted by Crippen LogP contribution is -2.49. The summed E-state index contributed by atoms with van der Waals surface area (Å²) in [6.07, 6.45) is 2.76. The summed E-state index contributed by atoms with van der Waals surface area (Å²) < 4.78 is 1.84. The average Bonchev–Trinajstić information content (AvgIpc) is 2.95. The number of aryl methyl sites for hydroxylation is 1. The Balaban J connectivity index is 1.64. The summed E-state index contributed by atoms with van der Waals surface area (Å²) in [6, 6.07) is 9.23. The molecule has 1 aliphatic rings. The van der Waals surface area contributed by atoms with Gasteiger partial charge in [-0.25, -0.2) is 4.98 Å². The van der Waals surface area contributed by atoms with Crippen LogP contribution in [-0.4, -0.2) is 38.8 Å². The molecule has 1 aromatic carbocycles. The van der Waals surface area contributed by atoms with Crippen LogP contribution in [0.15, 0.2) is 30.6 Å². The summed E-state index contributed by atoms with van der Waals surface area (Å²) in [5.74, 6) is 0.980. The minimum atomic E-state index is 0.190. The molecule has 1 N–H and O–H groups in total. The highest BCUT2D eigenvalue weighted by atomic mass is 15.3. The van der Waals surface area contributed by atoms with Crippen molar-refractivity contribution in [2.75, 3.05) is 13.1 Å². The van der Waals surface area contributed by atoms with Crippen molar-refractivity contribution in [3.63, 3.8) is 0 Å². The second-order valence-corrected chi connectivity index (χ2v) is 7.85. The standard InChI is InChI=1S/C19H29N5/c1-19(2,3)17(20-11-18-21-14-22-23(18)4)13-24-10-9-15-7-5-6-8-16(15)12-24/h5-8,14,17,20H,9-13H2,1-4H3/t17-/m1/s1. The van der Waals surface area contributed by atoms with E-state index in [1.54, 1.807) is 6.33 Å². The Labute approximate surface area is 145 Å². The molecule has 1 aliphatic heterocycles. The van der Waals surface area contributed by atoms with Crippen LogP contribution >= 0.6 is 0 Å². The quantitative estimate of drug-likeness (QED) is 0.916. The van der Waals surface area contributed by atoms with Crippen LogP contribution in [0.1, 0.15) is 37.7 Å². The highest BCUT2D eigenvalue weighted by Crippen LogP contribution is 2.24. The minimum Gasteiger partial charge on any atom is -0.305 e. The number of aromatic nitrogens is 3. The summed E-state index contributed by atoms with van der Waals surface area (Å²) in [6.45, 7) is 10.9. The number of nitrogens with zero attached hydrogens (tertiary/aromatic N) is 4. The summed E-state index contributed by atoms with van der Waals surface area (Å²) >= 11 is 0. The van der Waals surface area contributed by atoms with Gasteiger partial charge < -0.3 is 5.32 Å². The van der Waals surface area contributed by atoms with Gasteiger partial charge in [0.05, 0.1) is 6.54 Å². The molecular weight excluding hydrogens is 298 g/mol. The first-order valence-electron chi connectivity index (χ1n) is 8.79. The van der Waals surface area contributed by atoms with E-state index < -0.39 is 0 Å². The third kappa shape index (κ3) is 4.02. The van der Waals surface area contributed by atoms with E-state index in [2.05, 4.69) is 65.3 Å². The number of fused-ring (bicyclic) bond motifs is 1. The molecule has 5 heteroatoms. The summed E-state index contributed by atoms with van der Waals surface area (Å²) in [4.78, 5) is 6.89. The third-order valence-electron chi connectivity index (χ3n) is 5.01. The minimum absolute atomic E-state index is 0.190.